The van der Waals surface area contributed by atoms with Gasteiger partial charge in [0, 0.05) is 6.61 Å². The van der Waals surface area contributed by atoms with Crippen molar-refractivity contribution in [3.63, 3.8) is 0 Å². The molecule has 4 aliphatic rings. The molecule has 0 aromatic carbocycles. The van der Waals surface area contributed by atoms with Gasteiger partial charge < -0.3 is 10.2 Å². The average molecular weight is 365 g/mol. The monoisotopic (exact) mass is 364 g/mol. The second kappa shape index (κ2) is 7.74. The Kier molecular flexibility index (Phi) is 6.15. The molecule has 4 rings (SSSR count). The largest absolute Gasteiger partial charge is 0.396 e. The van der Waals surface area contributed by atoms with Gasteiger partial charge in [0.1, 0.15) is 0 Å². The molecule has 9 unspecified atom stereocenters. The van der Waals surface area contributed by atoms with Crippen LogP contribution in [-0.4, -0.2) is 22.9 Å². The fraction of sp³-hybridized carbons (Fsp3) is 1.00. The number of hydrogen-bond donors (Lipinski definition) is 2. The molecule has 152 valence electrons. The van der Waals surface area contributed by atoms with E-state index in [4.69, 9.17) is 0 Å². The van der Waals surface area contributed by atoms with E-state index in [-0.39, 0.29) is 6.10 Å². The molecular weight excluding hydrogens is 320 g/mol. The molecule has 0 aromatic rings. The summed E-state index contributed by atoms with van der Waals surface area (Å²) in [5.41, 5.74) is 0.963. The van der Waals surface area contributed by atoms with Crippen molar-refractivity contribution >= 4 is 0 Å². The summed E-state index contributed by atoms with van der Waals surface area (Å²) in [6.07, 6.45) is 11.6. The van der Waals surface area contributed by atoms with Gasteiger partial charge in [-0.2, -0.15) is 0 Å². The molecule has 2 N–H and O–H groups in total. The van der Waals surface area contributed by atoms with Crippen molar-refractivity contribution in [2.75, 3.05) is 6.61 Å². The summed E-state index contributed by atoms with van der Waals surface area (Å²) in [5.74, 6) is 4.65. The van der Waals surface area contributed by atoms with Gasteiger partial charge in [-0.1, -0.05) is 34.6 Å². The van der Waals surface area contributed by atoms with Crippen LogP contribution in [0.3, 0.4) is 0 Å². The topological polar surface area (TPSA) is 40.5 Å². The molecule has 4 saturated carbocycles. The lowest BCUT2D eigenvalue weighted by atomic mass is 9.44. The van der Waals surface area contributed by atoms with Crippen LogP contribution in [0, 0.1) is 46.3 Å². The highest BCUT2D eigenvalue weighted by atomic mass is 16.3. The predicted octanol–water partition coefficient (Wildman–Crippen LogP) is 5.66. The molecule has 2 nitrogen and oxygen atoms in total. The van der Waals surface area contributed by atoms with Crippen molar-refractivity contribution in [1.29, 1.82) is 0 Å². The third-order valence-electron chi connectivity index (χ3n) is 9.69. The van der Waals surface area contributed by atoms with Gasteiger partial charge in [-0.25, -0.2) is 0 Å². The highest BCUT2D eigenvalue weighted by molar-refractivity contribution is 5.09. The minimum absolute atomic E-state index is 0.0326. The molecule has 0 amide bonds. The zero-order valence-electron chi connectivity index (χ0n) is 18.0. The minimum Gasteiger partial charge on any atom is -0.396 e. The Balaban J connectivity index is 0.000000948. The molecule has 0 aliphatic heterocycles. The smallest absolute Gasteiger partial charge is 0.0543 e. The maximum atomic E-state index is 10.1. The Labute approximate surface area is 162 Å². The van der Waals surface area contributed by atoms with Crippen molar-refractivity contribution < 1.29 is 10.2 Å². The maximum Gasteiger partial charge on any atom is 0.0543 e. The van der Waals surface area contributed by atoms with Crippen molar-refractivity contribution in [3.05, 3.63) is 0 Å². The molecule has 2 heteroatoms. The zero-order valence-corrected chi connectivity index (χ0v) is 18.0. The van der Waals surface area contributed by atoms with E-state index in [1.165, 1.54) is 44.9 Å². The summed E-state index contributed by atoms with van der Waals surface area (Å²) < 4.78 is 0. The quantitative estimate of drug-likeness (QED) is 0.663. The first-order valence-electron chi connectivity index (χ1n) is 11.7. The van der Waals surface area contributed by atoms with Crippen molar-refractivity contribution in [3.8, 4) is 0 Å². The SMILES string of the molecule is CC.CC(CO)C1CCC2C3CCC4CC(O)CCC4(C)C3CCC12C. The van der Waals surface area contributed by atoms with Crippen molar-refractivity contribution in [2.24, 2.45) is 46.3 Å². The third-order valence-corrected chi connectivity index (χ3v) is 9.69. The fourth-order valence-electron chi connectivity index (χ4n) is 8.34. The lowest BCUT2D eigenvalue weighted by Crippen LogP contribution is -2.54. The van der Waals surface area contributed by atoms with Gasteiger partial charge in [-0.05, 0) is 104 Å². The third kappa shape index (κ3) is 3.08. The summed E-state index contributed by atoms with van der Waals surface area (Å²) >= 11 is 0. The van der Waals surface area contributed by atoms with Crippen LogP contribution in [0.2, 0.25) is 0 Å². The minimum atomic E-state index is -0.0326. The van der Waals surface area contributed by atoms with Gasteiger partial charge >= 0.3 is 0 Å². The van der Waals surface area contributed by atoms with E-state index in [2.05, 4.69) is 20.8 Å². The standard InChI is InChI=1S/C22H38O2.C2H6/c1-14(13-23)18-6-7-19-17-5-4-15-12-16(24)8-10-21(15,2)20(17)9-11-22(18,19)3;1-2/h14-20,23-24H,4-13H2,1-3H3;1-2H3. The molecule has 26 heavy (non-hydrogen) atoms. The van der Waals surface area contributed by atoms with Crippen LogP contribution in [0.15, 0.2) is 0 Å². The Morgan fingerprint density at radius 2 is 1.54 bits per heavy atom. The molecule has 0 aromatic heterocycles. The number of aliphatic hydroxyl groups excluding tert-OH is 2. The average Bonchev–Trinajstić information content (AvgIpc) is 3.00. The van der Waals surface area contributed by atoms with E-state index in [9.17, 15) is 10.2 Å². The van der Waals surface area contributed by atoms with Gasteiger partial charge in [-0.15, -0.1) is 0 Å². The molecule has 0 saturated heterocycles. The van der Waals surface area contributed by atoms with E-state index in [0.717, 1.165) is 42.4 Å². The van der Waals surface area contributed by atoms with E-state index in [1.54, 1.807) is 0 Å². The van der Waals surface area contributed by atoms with E-state index < -0.39 is 0 Å². The summed E-state index contributed by atoms with van der Waals surface area (Å²) in [6.45, 7) is 11.8. The van der Waals surface area contributed by atoms with Crippen molar-refractivity contribution in [1.82, 2.24) is 0 Å². The summed E-state index contributed by atoms with van der Waals surface area (Å²) in [7, 11) is 0. The van der Waals surface area contributed by atoms with Gasteiger partial charge in [-0.3, -0.25) is 0 Å². The van der Waals surface area contributed by atoms with E-state index >= 15 is 0 Å². The summed E-state index contributed by atoms with van der Waals surface area (Å²) in [4.78, 5) is 0. The number of fused-ring (bicyclic) bond motifs is 5. The van der Waals surface area contributed by atoms with Crippen LogP contribution in [0.4, 0.5) is 0 Å². The highest BCUT2D eigenvalue weighted by Gasteiger charge is 2.60. The molecule has 0 bridgehead atoms. The normalized spacial score (nSPS) is 51.3. The Morgan fingerprint density at radius 3 is 2.23 bits per heavy atom. The van der Waals surface area contributed by atoms with Crippen molar-refractivity contribution in [2.45, 2.75) is 98.5 Å². The predicted molar refractivity (Wildman–Crippen MR) is 109 cm³/mol. The second-order valence-electron chi connectivity index (χ2n) is 10.5. The molecule has 0 radical (unpaired) electrons. The van der Waals surface area contributed by atoms with Gasteiger partial charge in [0.25, 0.3) is 0 Å². The zero-order chi connectivity index (χ0) is 19.1. The second-order valence-corrected chi connectivity index (χ2v) is 10.5. The lowest BCUT2D eigenvalue weighted by molar-refractivity contribution is -0.130. The molecule has 0 spiro atoms. The van der Waals surface area contributed by atoms with Crippen LogP contribution < -0.4 is 0 Å². The van der Waals surface area contributed by atoms with Crippen LogP contribution in [0.25, 0.3) is 0 Å². The summed E-state index contributed by atoms with van der Waals surface area (Å²) in [6, 6.07) is 0. The van der Waals surface area contributed by atoms with E-state index in [0.29, 0.717) is 23.4 Å². The molecular formula is C24H44O2. The van der Waals surface area contributed by atoms with Crippen LogP contribution >= 0.6 is 0 Å². The Bertz CT molecular complexity index is 477. The Morgan fingerprint density at radius 1 is 0.885 bits per heavy atom. The molecule has 4 aliphatic carbocycles. The first kappa shape index (κ1) is 20.6. The molecule has 9 atom stereocenters. The molecule has 0 heterocycles. The first-order valence-corrected chi connectivity index (χ1v) is 11.7. The van der Waals surface area contributed by atoms with Gasteiger partial charge in [0.05, 0.1) is 6.10 Å². The van der Waals surface area contributed by atoms with Crippen LogP contribution in [-0.2, 0) is 0 Å². The van der Waals surface area contributed by atoms with Gasteiger partial charge in [0.2, 0.25) is 0 Å². The highest BCUT2D eigenvalue weighted by Crippen LogP contribution is 2.68. The van der Waals surface area contributed by atoms with E-state index in [1.807, 2.05) is 13.8 Å². The Hall–Kier alpha value is -0.0800. The summed E-state index contributed by atoms with van der Waals surface area (Å²) in [5, 5.41) is 19.9. The van der Waals surface area contributed by atoms with Crippen LogP contribution in [0.5, 0.6) is 0 Å². The number of hydrogen-bond acceptors (Lipinski definition) is 2. The molecule has 4 fully saturated rings. The number of rotatable bonds is 2. The lowest BCUT2D eigenvalue weighted by Gasteiger charge is -2.61. The first-order chi connectivity index (χ1) is 12.4. The fourth-order valence-corrected chi connectivity index (χ4v) is 8.34. The number of aliphatic hydroxyl groups is 2. The van der Waals surface area contributed by atoms with Crippen LogP contribution in [0.1, 0.15) is 92.4 Å². The maximum absolute atomic E-state index is 10.1. The van der Waals surface area contributed by atoms with Gasteiger partial charge in [0.15, 0.2) is 0 Å².